The topological polar surface area (TPSA) is 0 Å². The van der Waals surface area contributed by atoms with Crippen LogP contribution in [0.5, 0.6) is 0 Å². The molecule has 0 fully saturated rings. The monoisotopic (exact) mass is 562 g/mol. The molecule has 1 aliphatic rings. The first-order valence-corrected chi connectivity index (χ1v) is 21.9. The van der Waals surface area contributed by atoms with E-state index in [0.29, 0.717) is 0 Å². The van der Waals surface area contributed by atoms with Crippen LogP contribution in [0.2, 0.25) is 39.3 Å². The van der Waals surface area contributed by atoms with E-state index < -0.39 is 16.1 Å². The van der Waals surface area contributed by atoms with Crippen LogP contribution in [0.25, 0.3) is 54.9 Å². The van der Waals surface area contributed by atoms with Crippen LogP contribution in [0.1, 0.15) is 11.1 Å². The number of hydrogen-bond acceptors (Lipinski definition) is 0. The SMILES string of the molecule is C[Si](C)(C)C1([Si](C)(C)C)c2ccccc2-c2ccc(-c3ccc4cc5ccccc5c(-c5ccccc5)c4c3)cc21. The molecule has 0 aliphatic heterocycles. The van der Waals surface area contributed by atoms with Gasteiger partial charge in [0.1, 0.15) is 0 Å². The van der Waals surface area contributed by atoms with Gasteiger partial charge in [0.05, 0.1) is 16.1 Å². The Morgan fingerprint density at radius 2 is 1.00 bits per heavy atom. The van der Waals surface area contributed by atoms with Crippen molar-refractivity contribution >= 4 is 37.7 Å². The number of benzene rings is 6. The molecule has 0 aromatic heterocycles. The fourth-order valence-corrected chi connectivity index (χ4v) is 21.4. The van der Waals surface area contributed by atoms with Crippen molar-refractivity contribution in [2.75, 3.05) is 0 Å². The fraction of sp³-hybridized carbons (Fsp3) is 0.179. The lowest BCUT2D eigenvalue weighted by Crippen LogP contribution is -2.63. The summed E-state index contributed by atoms with van der Waals surface area (Å²) in [4.78, 5) is 0. The average Bonchev–Trinajstić information content (AvgIpc) is 3.27. The first-order chi connectivity index (χ1) is 19.6. The van der Waals surface area contributed by atoms with Gasteiger partial charge < -0.3 is 0 Å². The van der Waals surface area contributed by atoms with Crippen LogP contribution in [-0.4, -0.2) is 16.1 Å². The van der Waals surface area contributed by atoms with Crippen LogP contribution in [0.3, 0.4) is 0 Å². The Labute approximate surface area is 246 Å². The molecule has 0 saturated carbocycles. The third-order valence-corrected chi connectivity index (χ3v) is 19.6. The van der Waals surface area contributed by atoms with Crippen molar-refractivity contribution in [1.82, 2.24) is 0 Å². The minimum absolute atomic E-state index is 0.157. The van der Waals surface area contributed by atoms with E-state index in [2.05, 4.69) is 161 Å². The van der Waals surface area contributed by atoms with Crippen molar-refractivity contribution in [3.8, 4) is 33.4 Å². The smallest absolute Gasteiger partial charge is 0.0579 e. The van der Waals surface area contributed by atoms with E-state index in [0.717, 1.165) is 0 Å². The summed E-state index contributed by atoms with van der Waals surface area (Å²) in [7, 11) is -3.40. The molecule has 202 valence electrons. The summed E-state index contributed by atoms with van der Waals surface area (Å²) in [5.74, 6) is 0. The van der Waals surface area contributed by atoms with Crippen LogP contribution in [0.15, 0.2) is 121 Å². The highest BCUT2D eigenvalue weighted by atomic mass is 28.4. The van der Waals surface area contributed by atoms with Crippen molar-refractivity contribution < 1.29 is 0 Å². The molecule has 0 atom stereocenters. The minimum Gasteiger partial charge on any atom is -0.0688 e. The van der Waals surface area contributed by atoms with Gasteiger partial charge in [0.25, 0.3) is 0 Å². The molecule has 0 saturated heterocycles. The summed E-state index contributed by atoms with van der Waals surface area (Å²) in [6.07, 6.45) is 0. The Morgan fingerprint density at radius 1 is 0.415 bits per heavy atom. The van der Waals surface area contributed by atoms with Crippen LogP contribution in [-0.2, 0) is 4.66 Å². The van der Waals surface area contributed by atoms with E-state index in [1.54, 1.807) is 11.1 Å². The molecule has 0 radical (unpaired) electrons. The van der Waals surface area contributed by atoms with Gasteiger partial charge in [-0.3, -0.25) is 0 Å². The van der Waals surface area contributed by atoms with E-state index in [1.165, 1.54) is 54.9 Å². The summed E-state index contributed by atoms with van der Waals surface area (Å²) in [5, 5.41) is 5.21. The largest absolute Gasteiger partial charge is 0.0688 e. The molecule has 0 bridgehead atoms. The summed E-state index contributed by atoms with van der Waals surface area (Å²) >= 11 is 0. The van der Waals surface area contributed by atoms with Crippen molar-refractivity contribution in [3.05, 3.63) is 132 Å². The van der Waals surface area contributed by atoms with Gasteiger partial charge in [0.2, 0.25) is 0 Å². The second-order valence-electron chi connectivity index (χ2n) is 13.8. The molecule has 1 aliphatic carbocycles. The van der Waals surface area contributed by atoms with Gasteiger partial charge in [-0.25, -0.2) is 0 Å². The number of rotatable bonds is 4. The third kappa shape index (κ3) is 3.77. The molecule has 7 rings (SSSR count). The molecule has 0 heterocycles. The Hall–Kier alpha value is -3.73. The van der Waals surface area contributed by atoms with E-state index >= 15 is 0 Å². The average molecular weight is 563 g/mol. The lowest BCUT2D eigenvalue weighted by Gasteiger charge is -2.51. The Morgan fingerprint density at radius 3 is 1.76 bits per heavy atom. The second-order valence-corrected chi connectivity index (χ2v) is 24.8. The third-order valence-electron chi connectivity index (χ3n) is 9.55. The zero-order valence-electron chi connectivity index (χ0n) is 25.0. The lowest BCUT2D eigenvalue weighted by molar-refractivity contribution is 0.952. The molecule has 0 spiro atoms. The van der Waals surface area contributed by atoms with Crippen LogP contribution < -0.4 is 0 Å². The second kappa shape index (κ2) is 9.14. The Balaban J connectivity index is 1.51. The van der Waals surface area contributed by atoms with Crippen molar-refractivity contribution in [1.29, 1.82) is 0 Å². The molecule has 0 unspecified atom stereocenters. The van der Waals surface area contributed by atoms with Crippen LogP contribution in [0.4, 0.5) is 0 Å². The summed E-state index contributed by atoms with van der Waals surface area (Å²) in [6.45, 7) is 15.6. The van der Waals surface area contributed by atoms with Gasteiger partial charge >= 0.3 is 0 Å². The van der Waals surface area contributed by atoms with Crippen LogP contribution >= 0.6 is 0 Å². The Bertz CT molecular complexity index is 1940. The molecule has 6 aromatic rings. The van der Waals surface area contributed by atoms with Gasteiger partial charge in [-0.1, -0.05) is 148 Å². The first kappa shape index (κ1) is 26.2. The van der Waals surface area contributed by atoms with Crippen molar-refractivity contribution in [2.45, 2.75) is 43.9 Å². The lowest BCUT2D eigenvalue weighted by atomic mass is 9.90. The van der Waals surface area contributed by atoms with Crippen molar-refractivity contribution in [2.24, 2.45) is 0 Å². The first-order valence-electron chi connectivity index (χ1n) is 14.9. The quantitative estimate of drug-likeness (QED) is 0.148. The normalized spacial score (nSPS) is 14.3. The van der Waals surface area contributed by atoms with Gasteiger partial charge in [-0.15, -0.1) is 0 Å². The zero-order valence-corrected chi connectivity index (χ0v) is 27.0. The maximum atomic E-state index is 2.59. The predicted molar refractivity (Wildman–Crippen MR) is 185 cm³/mol. The Kier molecular flexibility index (Phi) is 5.84. The summed E-state index contributed by atoms with van der Waals surface area (Å²) in [5.41, 5.74) is 11.3. The van der Waals surface area contributed by atoms with Gasteiger partial charge in [0, 0.05) is 4.66 Å². The van der Waals surface area contributed by atoms with Gasteiger partial charge in [0.15, 0.2) is 0 Å². The fourth-order valence-electron chi connectivity index (χ4n) is 8.36. The molecule has 0 nitrogen and oxygen atoms in total. The van der Waals surface area contributed by atoms with Gasteiger partial charge in [-0.05, 0) is 78.2 Å². The molecule has 0 N–H and O–H groups in total. The highest BCUT2D eigenvalue weighted by molar-refractivity contribution is 6.99. The van der Waals surface area contributed by atoms with Gasteiger partial charge in [-0.2, -0.15) is 0 Å². The number of fused-ring (bicyclic) bond motifs is 5. The molecule has 41 heavy (non-hydrogen) atoms. The van der Waals surface area contributed by atoms with E-state index in [-0.39, 0.29) is 4.66 Å². The van der Waals surface area contributed by atoms with E-state index in [4.69, 9.17) is 0 Å². The standard InChI is InChI=1S/C39H38Si2/c1-40(2,3)39(41(4,5)6)36-19-13-12-18-33(36)34-23-22-29(26-37(34)39)28-20-21-31-24-30-16-10-11-17-32(30)38(35(31)25-28)27-14-8-7-9-15-27/h7-26H,1-6H3. The highest BCUT2D eigenvalue weighted by Gasteiger charge is 2.59. The maximum absolute atomic E-state index is 2.59. The van der Waals surface area contributed by atoms with E-state index in [1.807, 2.05) is 0 Å². The molecular formula is C39H38Si2. The predicted octanol–water partition coefficient (Wildman–Crippen LogP) is 11.3. The molecule has 2 heteroatoms. The molecular weight excluding hydrogens is 525 g/mol. The summed E-state index contributed by atoms with van der Waals surface area (Å²) in [6, 6.07) is 45.8. The van der Waals surface area contributed by atoms with Crippen LogP contribution in [0, 0.1) is 0 Å². The van der Waals surface area contributed by atoms with E-state index in [9.17, 15) is 0 Å². The molecule has 0 amide bonds. The number of hydrogen-bond donors (Lipinski definition) is 0. The highest BCUT2D eigenvalue weighted by Crippen LogP contribution is 2.58. The zero-order chi connectivity index (χ0) is 28.6. The maximum Gasteiger partial charge on any atom is 0.0579 e. The van der Waals surface area contributed by atoms with Crippen molar-refractivity contribution in [3.63, 3.8) is 0 Å². The minimum atomic E-state index is -1.70. The summed E-state index contributed by atoms with van der Waals surface area (Å²) < 4.78 is 0.157. The molecule has 6 aromatic carbocycles.